The number of carbonyl (C=O) groups excluding carboxylic acids is 1. The third kappa shape index (κ3) is 6.70. The summed E-state index contributed by atoms with van der Waals surface area (Å²) in [7, 11) is 0. The van der Waals surface area contributed by atoms with Crippen LogP contribution in [-0.2, 0) is 16.0 Å². The minimum Gasteiger partial charge on any atom is -0.488 e. The number of rotatable bonds is 11. The van der Waals surface area contributed by atoms with Crippen LogP contribution in [0, 0.1) is 0 Å². The van der Waals surface area contributed by atoms with E-state index >= 15 is 0 Å². The second-order valence-corrected chi connectivity index (χ2v) is 9.81. The van der Waals surface area contributed by atoms with Crippen LogP contribution in [0.3, 0.4) is 0 Å². The van der Waals surface area contributed by atoms with Gasteiger partial charge in [0.05, 0.1) is 5.56 Å². The Labute approximate surface area is 195 Å². The number of ether oxygens (including phenoxy) is 2. The van der Waals surface area contributed by atoms with Crippen LogP contribution in [-0.4, -0.2) is 17.7 Å². The molecule has 0 atom stereocenters. The molecular weight excluding hydrogens is 416 g/mol. The number of unbranched alkanes of at least 4 members (excludes halogenated alkanes) is 2. The topological polar surface area (TPSA) is 65.7 Å². The third-order valence-electron chi connectivity index (χ3n) is 5.65. The van der Waals surface area contributed by atoms with Gasteiger partial charge in [0.15, 0.2) is 0 Å². The molecule has 0 unspecified atom stereocenters. The minimum absolute atomic E-state index is 0.377. The van der Waals surface area contributed by atoms with Crippen molar-refractivity contribution in [3.8, 4) is 16.9 Å². The van der Waals surface area contributed by atoms with Gasteiger partial charge in [0.25, 0.3) is 6.47 Å². The van der Waals surface area contributed by atoms with E-state index in [1.165, 1.54) is 24.8 Å². The molecule has 1 heterocycles. The molecule has 0 fully saturated rings. The van der Waals surface area contributed by atoms with Gasteiger partial charge in [0.2, 0.25) is 0 Å². The van der Waals surface area contributed by atoms with Crippen molar-refractivity contribution in [1.29, 1.82) is 0 Å². The van der Waals surface area contributed by atoms with Gasteiger partial charge in [0.1, 0.15) is 22.5 Å². The quantitative estimate of drug-likeness (QED) is 0.185. The lowest BCUT2D eigenvalue weighted by Gasteiger charge is -2.34. The number of carbonyl (C=O) groups is 1. The fraction of sp³-hybridized carbons (Fsp3) is 0.429. The first-order valence-corrected chi connectivity index (χ1v) is 11.6. The van der Waals surface area contributed by atoms with E-state index in [1.807, 2.05) is 58.0 Å². The van der Waals surface area contributed by atoms with Crippen molar-refractivity contribution >= 4 is 17.4 Å². The Morgan fingerprint density at radius 3 is 2.33 bits per heavy atom. The lowest BCUT2D eigenvalue weighted by atomic mass is 9.92. The Morgan fingerprint density at radius 1 is 0.939 bits per heavy atom. The maximum absolute atomic E-state index is 12.7. The zero-order valence-electron chi connectivity index (χ0n) is 20.3. The van der Waals surface area contributed by atoms with Gasteiger partial charge < -0.3 is 13.9 Å². The Kier molecular flexibility index (Phi) is 7.62. The molecule has 33 heavy (non-hydrogen) atoms. The van der Waals surface area contributed by atoms with Crippen molar-refractivity contribution in [3.63, 3.8) is 0 Å². The smallest absolute Gasteiger partial charge is 0.344 e. The molecule has 0 aliphatic heterocycles. The van der Waals surface area contributed by atoms with Crippen LogP contribution in [0.1, 0.15) is 65.9 Å². The predicted octanol–water partition coefficient (Wildman–Crippen LogP) is 6.69. The van der Waals surface area contributed by atoms with Gasteiger partial charge in [-0.2, -0.15) is 0 Å². The maximum atomic E-state index is 12.7. The first kappa shape index (κ1) is 24.6. The average Bonchev–Trinajstić information content (AvgIpc) is 2.73. The molecule has 176 valence electrons. The molecule has 0 aliphatic carbocycles. The normalized spacial score (nSPS) is 12.0. The molecule has 3 aromatic rings. The molecule has 3 rings (SSSR count). The summed E-state index contributed by atoms with van der Waals surface area (Å²) in [5, 5.41) is 0.825. The maximum Gasteiger partial charge on any atom is 0.344 e. The monoisotopic (exact) mass is 450 g/mol. The summed E-state index contributed by atoms with van der Waals surface area (Å²) in [6, 6.07) is 15.5. The SMILES string of the molecule is CCCCCc1ccc(-c2cc3ccc(OC(C)(C)CC(C)(C)OC=O)cc3oc2=O)cc1. The molecule has 1 aromatic heterocycles. The van der Waals surface area contributed by atoms with Gasteiger partial charge in [-0.15, -0.1) is 0 Å². The molecule has 0 saturated heterocycles. The van der Waals surface area contributed by atoms with Gasteiger partial charge in [-0.05, 0) is 69.9 Å². The van der Waals surface area contributed by atoms with Crippen LogP contribution in [0.25, 0.3) is 22.1 Å². The fourth-order valence-corrected chi connectivity index (χ4v) is 4.34. The molecule has 0 aliphatic rings. The van der Waals surface area contributed by atoms with Gasteiger partial charge in [-0.1, -0.05) is 44.0 Å². The number of fused-ring (bicyclic) bond motifs is 1. The summed E-state index contributed by atoms with van der Waals surface area (Å²) in [6.07, 6.45) is 5.15. The zero-order valence-corrected chi connectivity index (χ0v) is 20.3. The van der Waals surface area contributed by atoms with Crippen LogP contribution in [0.5, 0.6) is 5.75 Å². The Morgan fingerprint density at radius 2 is 1.67 bits per heavy atom. The standard InChI is InChI=1S/C28H34O5/c1-6-7-8-9-20-10-12-21(13-11-20)24-16-22-14-15-23(17-25(22)32-26(24)30)33-28(4,5)18-27(2,3)31-19-29/h10-17,19H,6-9,18H2,1-5H3. The van der Waals surface area contributed by atoms with Crippen LogP contribution in [0.15, 0.2) is 57.7 Å². The van der Waals surface area contributed by atoms with Crippen molar-refractivity contribution in [3.05, 3.63) is 64.5 Å². The number of hydrogen-bond acceptors (Lipinski definition) is 5. The van der Waals surface area contributed by atoms with Gasteiger partial charge in [-0.25, -0.2) is 4.79 Å². The number of benzene rings is 2. The number of hydrogen-bond donors (Lipinski definition) is 0. The summed E-state index contributed by atoms with van der Waals surface area (Å²) in [6.45, 7) is 10.2. The van der Waals surface area contributed by atoms with Crippen molar-refractivity contribution < 1.29 is 18.7 Å². The third-order valence-corrected chi connectivity index (χ3v) is 5.65. The van der Waals surface area contributed by atoms with Crippen molar-refractivity contribution in [2.45, 2.75) is 77.9 Å². The Hall–Kier alpha value is -3.08. The molecule has 2 aromatic carbocycles. The van der Waals surface area contributed by atoms with E-state index in [1.54, 1.807) is 6.07 Å². The lowest BCUT2D eigenvalue weighted by molar-refractivity contribution is -0.144. The highest BCUT2D eigenvalue weighted by atomic mass is 16.5. The second-order valence-electron chi connectivity index (χ2n) is 9.81. The van der Waals surface area contributed by atoms with E-state index in [4.69, 9.17) is 13.9 Å². The van der Waals surface area contributed by atoms with E-state index in [9.17, 15) is 9.59 Å². The Balaban J connectivity index is 1.80. The van der Waals surface area contributed by atoms with Gasteiger partial charge >= 0.3 is 5.63 Å². The zero-order chi connectivity index (χ0) is 24.1. The second kappa shape index (κ2) is 10.2. The fourth-order valence-electron chi connectivity index (χ4n) is 4.34. The summed E-state index contributed by atoms with van der Waals surface area (Å²) < 4.78 is 16.9. The van der Waals surface area contributed by atoms with Gasteiger partial charge in [0, 0.05) is 17.9 Å². The van der Waals surface area contributed by atoms with Crippen LogP contribution >= 0.6 is 0 Å². The van der Waals surface area contributed by atoms with Gasteiger partial charge in [-0.3, -0.25) is 4.79 Å². The Bertz CT molecular complexity index is 1140. The molecule has 0 saturated carbocycles. The first-order valence-electron chi connectivity index (χ1n) is 11.6. The van der Waals surface area contributed by atoms with E-state index < -0.39 is 11.2 Å². The van der Waals surface area contributed by atoms with Crippen LogP contribution in [0.2, 0.25) is 0 Å². The molecule has 0 bridgehead atoms. The highest BCUT2D eigenvalue weighted by Crippen LogP contribution is 2.30. The lowest BCUT2D eigenvalue weighted by Crippen LogP contribution is -2.39. The molecule has 0 amide bonds. The van der Waals surface area contributed by atoms with E-state index in [0.717, 1.165) is 17.4 Å². The highest BCUT2D eigenvalue weighted by Gasteiger charge is 2.32. The van der Waals surface area contributed by atoms with Crippen molar-refractivity contribution in [2.24, 2.45) is 0 Å². The summed E-state index contributed by atoms with van der Waals surface area (Å²) in [5.41, 5.74) is 1.51. The van der Waals surface area contributed by atoms with Crippen molar-refractivity contribution in [1.82, 2.24) is 0 Å². The first-order chi connectivity index (χ1) is 15.6. The summed E-state index contributed by atoms with van der Waals surface area (Å²) >= 11 is 0. The molecule has 0 N–H and O–H groups in total. The van der Waals surface area contributed by atoms with E-state index in [2.05, 4.69) is 19.1 Å². The van der Waals surface area contributed by atoms with Crippen LogP contribution < -0.4 is 10.4 Å². The molecule has 5 nitrogen and oxygen atoms in total. The predicted molar refractivity (Wildman–Crippen MR) is 132 cm³/mol. The molecule has 0 radical (unpaired) electrons. The molecule has 0 spiro atoms. The van der Waals surface area contributed by atoms with Crippen molar-refractivity contribution in [2.75, 3.05) is 0 Å². The summed E-state index contributed by atoms with van der Waals surface area (Å²) in [5.74, 6) is 0.585. The van der Waals surface area contributed by atoms with Crippen LogP contribution in [0.4, 0.5) is 0 Å². The molecule has 5 heteroatoms. The van der Waals surface area contributed by atoms with E-state index in [-0.39, 0.29) is 5.63 Å². The minimum atomic E-state index is -0.658. The van der Waals surface area contributed by atoms with E-state index in [0.29, 0.717) is 29.8 Å². The largest absolute Gasteiger partial charge is 0.488 e. The average molecular weight is 451 g/mol. The summed E-state index contributed by atoms with van der Waals surface area (Å²) in [4.78, 5) is 23.5. The number of aryl methyl sites for hydroxylation is 1. The molecular formula is C28H34O5. The highest BCUT2D eigenvalue weighted by molar-refractivity contribution is 5.82.